The first kappa shape index (κ1) is 20.8. The molecule has 1 aromatic carbocycles. The summed E-state index contributed by atoms with van der Waals surface area (Å²) in [6.45, 7) is 1.33. The number of fused-ring (bicyclic) bond motifs is 1. The quantitative estimate of drug-likeness (QED) is 0.600. The summed E-state index contributed by atoms with van der Waals surface area (Å²) in [7, 11) is 3.81. The molecule has 0 bridgehead atoms. The Kier molecular flexibility index (Phi) is 5.72. The standard InChI is InChI=1S/C25H31N5O2/c1-28(2)24-11-10-21(26-27-24)25(31)29-15-12-19(13-16-29)32-23-9-5-8-22-20(23)14-17-30(22)18-6-3-4-7-18/h5,8-11,14,17-19H,3-4,6-7,12-13,15-16H2,1-2H3. The Labute approximate surface area is 189 Å². The Morgan fingerprint density at radius 1 is 1.00 bits per heavy atom. The topological polar surface area (TPSA) is 63.5 Å². The van der Waals surface area contributed by atoms with Crippen LogP contribution in [0.3, 0.4) is 0 Å². The van der Waals surface area contributed by atoms with Crippen molar-refractivity contribution in [3.63, 3.8) is 0 Å². The minimum atomic E-state index is -0.0583. The minimum Gasteiger partial charge on any atom is -0.490 e. The van der Waals surface area contributed by atoms with Crippen molar-refractivity contribution in [2.45, 2.75) is 50.7 Å². The summed E-state index contributed by atoms with van der Waals surface area (Å²) in [5, 5.41) is 9.43. The van der Waals surface area contributed by atoms with Gasteiger partial charge in [-0.2, -0.15) is 0 Å². The number of amides is 1. The average Bonchev–Trinajstić information content (AvgIpc) is 3.49. The Bertz CT molecular complexity index is 1080. The van der Waals surface area contributed by atoms with Crippen LogP contribution < -0.4 is 9.64 Å². The maximum Gasteiger partial charge on any atom is 0.274 e. The molecule has 3 aromatic rings. The predicted molar refractivity (Wildman–Crippen MR) is 125 cm³/mol. The summed E-state index contributed by atoms with van der Waals surface area (Å²) < 4.78 is 8.87. The van der Waals surface area contributed by atoms with Crippen LogP contribution in [0.15, 0.2) is 42.6 Å². The van der Waals surface area contributed by atoms with E-state index < -0.39 is 0 Å². The van der Waals surface area contributed by atoms with Gasteiger partial charge in [0.25, 0.3) is 5.91 Å². The number of benzene rings is 1. The zero-order valence-electron chi connectivity index (χ0n) is 18.9. The molecule has 3 heterocycles. The van der Waals surface area contributed by atoms with E-state index in [9.17, 15) is 4.79 Å². The zero-order chi connectivity index (χ0) is 22.1. The van der Waals surface area contributed by atoms with E-state index in [-0.39, 0.29) is 12.0 Å². The highest BCUT2D eigenvalue weighted by Crippen LogP contribution is 2.36. The lowest BCUT2D eigenvalue weighted by Gasteiger charge is -2.32. The molecule has 0 radical (unpaired) electrons. The summed E-state index contributed by atoms with van der Waals surface area (Å²) in [5.74, 6) is 1.63. The highest BCUT2D eigenvalue weighted by atomic mass is 16.5. The third-order valence-corrected chi connectivity index (χ3v) is 6.79. The van der Waals surface area contributed by atoms with Gasteiger partial charge in [-0.15, -0.1) is 10.2 Å². The molecular formula is C25H31N5O2. The molecule has 1 aliphatic heterocycles. The third-order valence-electron chi connectivity index (χ3n) is 6.79. The molecule has 2 fully saturated rings. The summed E-state index contributed by atoms with van der Waals surface area (Å²) >= 11 is 0. The first-order valence-electron chi connectivity index (χ1n) is 11.7. The van der Waals surface area contributed by atoms with E-state index in [4.69, 9.17) is 4.74 Å². The number of anilines is 1. The van der Waals surface area contributed by atoms with Crippen molar-refractivity contribution in [1.82, 2.24) is 19.7 Å². The molecule has 0 spiro atoms. The molecule has 0 unspecified atom stereocenters. The number of aromatic nitrogens is 3. The van der Waals surface area contributed by atoms with Gasteiger partial charge in [-0.05, 0) is 43.2 Å². The first-order valence-corrected chi connectivity index (χ1v) is 11.7. The summed E-state index contributed by atoms with van der Waals surface area (Å²) in [4.78, 5) is 16.5. The minimum absolute atomic E-state index is 0.0583. The number of nitrogens with zero attached hydrogens (tertiary/aromatic N) is 5. The van der Waals surface area contributed by atoms with Crippen LogP contribution in [0.2, 0.25) is 0 Å². The number of likely N-dealkylation sites (tertiary alicyclic amines) is 1. The number of hydrogen-bond acceptors (Lipinski definition) is 5. The van der Waals surface area contributed by atoms with Gasteiger partial charge < -0.3 is 19.1 Å². The van der Waals surface area contributed by atoms with E-state index in [1.165, 1.54) is 36.6 Å². The Morgan fingerprint density at radius 3 is 2.47 bits per heavy atom. The highest BCUT2D eigenvalue weighted by molar-refractivity contribution is 5.92. The second-order valence-electron chi connectivity index (χ2n) is 9.13. The maximum atomic E-state index is 12.8. The normalized spacial score (nSPS) is 17.8. The van der Waals surface area contributed by atoms with Crippen LogP contribution in [0.1, 0.15) is 55.1 Å². The zero-order valence-corrected chi connectivity index (χ0v) is 18.9. The molecule has 7 nitrogen and oxygen atoms in total. The van der Waals surface area contributed by atoms with E-state index in [0.29, 0.717) is 24.8 Å². The van der Waals surface area contributed by atoms with Crippen LogP contribution in [-0.2, 0) is 0 Å². The SMILES string of the molecule is CN(C)c1ccc(C(=O)N2CCC(Oc3cccc4c3ccn4C3CCCC3)CC2)nn1. The molecule has 32 heavy (non-hydrogen) atoms. The molecule has 5 rings (SSSR count). The van der Waals surface area contributed by atoms with Crippen molar-refractivity contribution in [1.29, 1.82) is 0 Å². The summed E-state index contributed by atoms with van der Waals surface area (Å²) in [6, 6.07) is 12.8. The maximum absolute atomic E-state index is 12.8. The molecule has 2 aliphatic rings. The first-order chi connectivity index (χ1) is 15.6. The Balaban J connectivity index is 1.22. The van der Waals surface area contributed by atoms with Crippen molar-refractivity contribution in [3.05, 3.63) is 48.3 Å². The summed E-state index contributed by atoms with van der Waals surface area (Å²) in [6.07, 6.45) is 9.14. The van der Waals surface area contributed by atoms with Crippen LogP contribution >= 0.6 is 0 Å². The number of hydrogen-bond donors (Lipinski definition) is 0. The van der Waals surface area contributed by atoms with Gasteiger partial charge in [0.1, 0.15) is 11.9 Å². The molecule has 0 atom stereocenters. The van der Waals surface area contributed by atoms with Crippen LogP contribution in [0.5, 0.6) is 5.75 Å². The highest BCUT2D eigenvalue weighted by Gasteiger charge is 2.26. The molecule has 1 aliphatic carbocycles. The number of carbonyl (C=O) groups excluding carboxylic acids is 1. The molecule has 7 heteroatoms. The van der Waals surface area contributed by atoms with Crippen LogP contribution in [0.25, 0.3) is 10.9 Å². The van der Waals surface area contributed by atoms with Crippen molar-refractivity contribution in [2.24, 2.45) is 0 Å². The van der Waals surface area contributed by atoms with E-state index in [1.807, 2.05) is 30.0 Å². The lowest BCUT2D eigenvalue weighted by molar-refractivity contribution is 0.0591. The fourth-order valence-corrected chi connectivity index (χ4v) is 4.96. The smallest absolute Gasteiger partial charge is 0.274 e. The Morgan fingerprint density at radius 2 is 1.78 bits per heavy atom. The molecule has 0 N–H and O–H groups in total. The number of rotatable bonds is 5. The van der Waals surface area contributed by atoms with E-state index >= 15 is 0 Å². The van der Waals surface area contributed by atoms with E-state index in [1.54, 1.807) is 6.07 Å². The lowest BCUT2D eigenvalue weighted by atomic mass is 10.1. The van der Waals surface area contributed by atoms with Crippen molar-refractivity contribution in [3.8, 4) is 5.75 Å². The average molecular weight is 434 g/mol. The lowest BCUT2D eigenvalue weighted by Crippen LogP contribution is -2.42. The van der Waals surface area contributed by atoms with Crippen LogP contribution in [0.4, 0.5) is 5.82 Å². The third kappa shape index (κ3) is 4.04. The van der Waals surface area contributed by atoms with Crippen LogP contribution in [-0.4, -0.2) is 58.9 Å². The fraction of sp³-hybridized carbons (Fsp3) is 0.480. The van der Waals surface area contributed by atoms with Gasteiger partial charge in [0.2, 0.25) is 0 Å². The largest absolute Gasteiger partial charge is 0.490 e. The van der Waals surface area contributed by atoms with Gasteiger partial charge in [-0.3, -0.25) is 4.79 Å². The van der Waals surface area contributed by atoms with Gasteiger partial charge in [-0.25, -0.2) is 0 Å². The van der Waals surface area contributed by atoms with Crippen molar-refractivity contribution < 1.29 is 9.53 Å². The molecule has 1 amide bonds. The number of ether oxygens (including phenoxy) is 1. The van der Waals surface area contributed by atoms with Gasteiger partial charge in [-0.1, -0.05) is 18.9 Å². The van der Waals surface area contributed by atoms with Crippen molar-refractivity contribution >= 4 is 22.6 Å². The second-order valence-corrected chi connectivity index (χ2v) is 9.13. The van der Waals surface area contributed by atoms with Gasteiger partial charge >= 0.3 is 0 Å². The van der Waals surface area contributed by atoms with Gasteiger partial charge in [0.15, 0.2) is 11.5 Å². The molecule has 2 aromatic heterocycles. The van der Waals surface area contributed by atoms with Crippen molar-refractivity contribution in [2.75, 3.05) is 32.1 Å². The number of carbonyl (C=O) groups is 1. The molecule has 168 valence electrons. The fourth-order valence-electron chi connectivity index (χ4n) is 4.96. The monoisotopic (exact) mass is 433 g/mol. The predicted octanol–water partition coefficient (Wildman–Crippen LogP) is 4.30. The number of piperidine rings is 1. The van der Waals surface area contributed by atoms with E-state index in [2.05, 4.69) is 45.2 Å². The van der Waals surface area contributed by atoms with Gasteiger partial charge in [0.05, 0.1) is 5.52 Å². The molecular weight excluding hydrogens is 402 g/mol. The second kappa shape index (κ2) is 8.81. The molecule has 1 saturated heterocycles. The van der Waals surface area contributed by atoms with E-state index in [0.717, 1.165) is 24.4 Å². The van der Waals surface area contributed by atoms with Crippen LogP contribution in [0, 0.1) is 0 Å². The Hall–Kier alpha value is -3.09. The molecule has 1 saturated carbocycles. The summed E-state index contributed by atoms with van der Waals surface area (Å²) in [5.41, 5.74) is 1.66. The van der Waals surface area contributed by atoms with Gasteiger partial charge in [0, 0.05) is 57.7 Å².